The van der Waals surface area contributed by atoms with Gasteiger partial charge in [-0.05, 0) is 32.0 Å². The first kappa shape index (κ1) is 26.9. The number of nitrogens with zero attached hydrogens (tertiary/aromatic N) is 6. The fourth-order valence-corrected chi connectivity index (χ4v) is 3.17. The molecule has 0 aliphatic carbocycles. The van der Waals surface area contributed by atoms with Gasteiger partial charge in [0.15, 0.2) is 0 Å². The molecule has 0 saturated carbocycles. The topological polar surface area (TPSA) is 198 Å². The molecule has 5 N–H and O–H groups in total. The standard InChI is InChI=1S/C20H28N10O5S/c1-13-23-17(22-8-10-36(31,32)33)29-18(24-13)27-15-5-4-6-16(11-15)28-19-25-14(2)26-20(30-19)35-9-7-21-12-34-3/h4-6,11,21H,7-10,12H2,1-3H3,(H,31,32,33)(H,25,26,28,30)(H2,22,23,24,27,29). The van der Waals surface area contributed by atoms with Crippen molar-refractivity contribution in [2.45, 2.75) is 13.8 Å². The number of rotatable bonds is 14. The average molecular weight is 521 g/mol. The number of benzene rings is 1. The molecule has 16 heteroatoms. The lowest BCUT2D eigenvalue weighted by Crippen LogP contribution is -2.23. The van der Waals surface area contributed by atoms with Crippen LogP contribution < -0.4 is 26.0 Å². The van der Waals surface area contributed by atoms with Crippen molar-refractivity contribution in [1.29, 1.82) is 0 Å². The molecule has 15 nitrogen and oxygen atoms in total. The first-order valence-electron chi connectivity index (χ1n) is 10.8. The SMILES string of the molecule is COCNCCOc1nc(C)nc(Nc2cccc(Nc3nc(C)nc(NCCS(=O)(=O)O)n3)c2)n1. The molecule has 194 valence electrons. The third-order valence-corrected chi connectivity index (χ3v) is 4.97. The molecule has 0 radical (unpaired) electrons. The number of ether oxygens (including phenoxy) is 2. The monoisotopic (exact) mass is 520 g/mol. The Kier molecular flexibility index (Phi) is 9.57. The Labute approximate surface area is 208 Å². The van der Waals surface area contributed by atoms with Crippen LogP contribution in [0.1, 0.15) is 11.6 Å². The molecule has 3 rings (SSSR count). The van der Waals surface area contributed by atoms with Crippen molar-refractivity contribution in [2.24, 2.45) is 0 Å². The fourth-order valence-electron chi connectivity index (χ4n) is 2.81. The molecule has 1 aromatic carbocycles. The van der Waals surface area contributed by atoms with E-state index < -0.39 is 15.9 Å². The van der Waals surface area contributed by atoms with Crippen LogP contribution in [0.5, 0.6) is 6.01 Å². The maximum Gasteiger partial charge on any atom is 0.321 e. The van der Waals surface area contributed by atoms with Gasteiger partial charge >= 0.3 is 6.01 Å². The van der Waals surface area contributed by atoms with Gasteiger partial charge in [-0.2, -0.15) is 38.3 Å². The minimum Gasteiger partial charge on any atom is -0.462 e. The van der Waals surface area contributed by atoms with Gasteiger partial charge in [0, 0.05) is 31.6 Å². The summed E-state index contributed by atoms with van der Waals surface area (Å²) in [4.78, 5) is 25.4. The van der Waals surface area contributed by atoms with E-state index in [4.69, 9.17) is 14.0 Å². The lowest BCUT2D eigenvalue weighted by molar-refractivity contribution is 0.167. The van der Waals surface area contributed by atoms with E-state index in [9.17, 15) is 8.42 Å². The van der Waals surface area contributed by atoms with Gasteiger partial charge in [-0.15, -0.1) is 0 Å². The Balaban J connectivity index is 1.65. The first-order chi connectivity index (χ1) is 17.2. The van der Waals surface area contributed by atoms with Gasteiger partial charge in [-0.25, -0.2) is 0 Å². The van der Waals surface area contributed by atoms with Gasteiger partial charge in [0.25, 0.3) is 10.1 Å². The van der Waals surface area contributed by atoms with Crippen LogP contribution in [-0.2, 0) is 14.9 Å². The van der Waals surface area contributed by atoms with Crippen molar-refractivity contribution < 1.29 is 22.4 Å². The van der Waals surface area contributed by atoms with E-state index in [1.54, 1.807) is 27.0 Å². The Morgan fingerprint density at radius 1 is 0.889 bits per heavy atom. The van der Waals surface area contributed by atoms with E-state index in [0.29, 0.717) is 48.9 Å². The molecule has 36 heavy (non-hydrogen) atoms. The molecule has 2 heterocycles. The Bertz CT molecular complexity index is 1260. The predicted molar refractivity (Wildman–Crippen MR) is 132 cm³/mol. The number of hydrogen-bond donors (Lipinski definition) is 5. The minimum atomic E-state index is -4.09. The van der Waals surface area contributed by atoms with Crippen molar-refractivity contribution in [3.63, 3.8) is 0 Å². The summed E-state index contributed by atoms with van der Waals surface area (Å²) in [6, 6.07) is 7.47. The fraction of sp³-hybridized carbons (Fsp3) is 0.400. The molecule has 0 amide bonds. The van der Waals surface area contributed by atoms with Crippen LogP contribution in [0.25, 0.3) is 0 Å². The molecule has 0 atom stereocenters. The third kappa shape index (κ3) is 9.49. The molecule has 0 bridgehead atoms. The summed E-state index contributed by atoms with van der Waals surface area (Å²) in [6.45, 7) is 4.72. The molecular weight excluding hydrogens is 492 g/mol. The zero-order chi connectivity index (χ0) is 26.0. The highest BCUT2D eigenvalue weighted by Gasteiger charge is 2.09. The van der Waals surface area contributed by atoms with Crippen LogP contribution in [0.4, 0.5) is 29.2 Å². The number of aromatic nitrogens is 6. The Hall–Kier alpha value is -3.73. The second kappa shape index (κ2) is 12.8. The summed E-state index contributed by atoms with van der Waals surface area (Å²) in [5.74, 6) is 1.19. The second-order valence-corrected chi connectivity index (χ2v) is 8.92. The van der Waals surface area contributed by atoms with Crippen molar-refractivity contribution in [2.75, 3.05) is 55.2 Å². The molecule has 0 unspecified atom stereocenters. The van der Waals surface area contributed by atoms with Crippen molar-refractivity contribution in [1.82, 2.24) is 35.2 Å². The van der Waals surface area contributed by atoms with E-state index in [-0.39, 0.29) is 24.5 Å². The molecule has 0 fully saturated rings. The maximum absolute atomic E-state index is 10.9. The highest BCUT2D eigenvalue weighted by Crippen LogP contribution is 2.21. The maximum atomic E-state index is 10.9. The largest absolute Gasteiger partial charge is 0.462 e. The van der Waals surface area contributed by atoms with Crippen molar-refractivity contribution >= 4 is 39.3 Å². The highest BCUT2D eigenvalue weighted by atomic mass is 32.2. The number of hydrogen-bond acceptors (Lipinski definition) is 14. The smallest absolute Gasteiger partial charge is 0.321 e. The number of nitrogens with one attached hydrogen (secondary N) is 4. The van der Waals surface area contributed by atoms with E-state index in [2.05, 4.69) is 51.2 Å². The van der Waals surface area contributed by atoms with Crippen LogP contribution in [0.2, 0.25) is 0 Å². The van der Waals surface area contributed by atoms with Crippen molar-refractivity contribution in [3.05, 3.63) is 35.9 Å². The Morgan fingerprint density at radius 3 is 2.19 bits per heavy atom. The molecule has 0 saturated heterocycles. The molecule has 0 spiro atoms. The van der Waals surface area contributed by atoms with Crippen LogP contribution in [0.3, 0.4) is 0 Å². The zero-order valence-electron chi connectivity index (χ0n) is 20.0. The van der Waals surface area contributed by atoms with Crippen LogP contribution in [0.15, 0.2) is 24.3 Å². The average Bonchev–Trinajstić information content (AvgIpc) is 2.77. The van der Waals surface area contributed by atoms with Crippen LogP contribution in [-0.4, -0.2) is 82.2 Å². The summed E-state index contributed by atoms with van der Waals surface area (Å²) >= 11 is 0. The van der Waals surface area contributed by atoms with E-state index >= 15 is 0 Å². The van der Waals surface area contributed by atoms with Crippen molar-refractivity contribution in [3.8, 4) is 6.01 Å². The quantitative estimate of drug-likeness (QED) is 0.115. The molecule has 2 aromatic heterocycles. The number of methoxy groups -OCH3 is 1. The lowest BCUT2D eigenvalue weighted by atomic mass is 10.3. The van der Waals surface area contributed by atoms with Gasteiger partial charge in [-0.3, -0.25) is 9.87 Å². The van der Waals surface area contributed by atoms with E-state index in [0.717, 1.165) is 0 Å². The Morgan fingerprint density at radius 2 is 1.53 bits per heavy atom. The molecule has 3 aromatic rings. The minimum absolute atomic E-state index is 0.0537. The number of anilines is 5. The lowest BCUT2D eigenvalue weighted by Gasteiger charge is -2.11. The molecule has 0 aliphatic heterocycles. The van der Waals surface area contributed by atoms with Gasteiger partial charge < -0.3 is 25.4 Å². The van der Waals surface area contributed by atoms with E-state index in [1.807, 2.05) is 18.2 Å². The summed E-state index contributed by atoms with van der Waals surface area (Å²) < 4.78 is 41.1. The summed E-state index contributed by atoms with van der Waals surface area (Å²) in [6.07, 6.45) is 0. The molecule has 0 aliphatic rings. The second-order valence-electron chi connectivity index (χ2n) is 7.34. The number of aryl methyl sites for hydroxylation is 2. The summed E-state index contributed by atoms with van der Waals surface area (Å²) in [5.41, 5.74) is 1.36. The summed E-state index contributed by atoms with van der Waals surface area (Å²) in [5, 5.41) is 12.0. The van der Waals surface area contributed by atoms with Gasteiger partial charge in [0.1, 0.15) is 18.3 Å². The van der Waals surface area contributed by atoms with Gasteiger partial charge in [0.2, 0.25) is 17.8 Å². The first-order valence-corrected chi connectivity index (χ1v) is 12.4. The summed E-state index contributed by atoms with van der Waals surface area (Å²) in [7, 11) is -2.49. The molecular formula is C20H28N10O5S. The normalized spacial score (nSPS) is 11.2. The van der Waals surface area contributed by atoms with Gasteiger partial charge in [0.05, 0.1) is 12.5 Å². The van der Waals surface area contributed by atoms with Crippen LogP contribution in [0, 0.1) is 13.8 Å². The predicted octanol–water partition coefficient (Wildman–Crippen LogP) is 1.03. The van der Waals surface area contributed by atoms with Crippen LogP contribution >= 0.6 is 0 Å². The zero-order valence-corrected chi connectivity index (χ0v) is 20.8. The third-order valence-electron chi connectivity index (χ3n) is 4.25. The van der Waals surface area contributed by atoms with Gasteiger partial charge in [-0.1, -0.05) is 6.07 Å². The highest BCUT2D eigenvalue weighted by molar-refractivity contribution is 7.85. The van der Waals surface area contributed by atoms with E-state index in [1.165, 1.54) is 0 Å².